The fourth-order valence-electron chi connectivity index (χ4n) is 2.66. The Hall–Kier alpha value is -0.480. The molecule has 2 nitrogen and oxygen atoms in total. The quantitative estimate of drug-likeness (QED) is 0.420. The van der Waals surface area contributed by atoms with Gasteiger partial charge in [0.2, 0.25) is 0 Å². The van der Waals surface area contributed by atoms with Crippen molar-refractivity contribution >= 4 is 46.4 Å². The first-order chi connectivity index (χ1) is 13.4. The van der Waals surface area contributed by atoms with E-state index in [4.69, 9.17) is 56.6 Å². The van der Waals surface area contributed by atoms with Crippen LogP contribution in [0.15, 0.2) is 24.3 Å². The van der Waals surface area contributed by atoms with E-state index in [1.54, 1.807) is 0 Å². The third-order valence-corrected chi connectivity index (χ3v) is 5.70. The molecular weight excluding hydrogens is 438 g/mol. The van der Waals surface area contributed by atoms with Gasteiger partial charge in [0.1, 0.15) is 0 Å². The molecule has 2 aromatic rings. The van der Waals surface area contributed by atoms with E-state index in [1.165, 1.54) is 0 Å². The third kappa shape index (κ3) is 8.10. The second-order valence-electron chi connectivity index (χ2n) is 6.60. The van der Waals surface area contributed by atoms with Crippen LogP contribution in [0, 0.1) is 0 Å². The Balaban J connectivity index is 0.000000280. The molecule has 28 heavy (non-hydrogen) atoms. The predicted octanol–water partition coefficient (Wildman–Crippen LogP) is 7.66. The summed E-state index contributed by atoms with van der Waals surface area (Å²) in [6, 6.07) is 7.53. The van der Waals surface area contributed by atoms with Gasteiger partial charge in [0, 0.05) is 31.2 Å². The Morgan fingerprint density at radius 1 is 0.607 bits per heavy atom. The Morgan fingerprint density at radius 2 is 0.893 bits per heavy atom. The van der Waals surface area contributed by atoms with Crippen LogP contribution < -0.4 is 0 Å². The first-order valence-electron chi connectivity index (χ1n) is 9.53. The topological polar surface area (TPSA) is 40.5 Å². The highest BCUT2D eigenvalue weighted by molar-refractivity contribution is 6.36. The number of unbranched alkanes of at least 4 members (excludes halogenated alkanes) is 2. The standard InChI is InChI=1S/2C11H14Cl2O/c2*1-2-3-4-8-5-10(12)9(7-14)11(13)6-8/h2*5-6,14H,2-4,7H2,1H3. The van der Waals surface area contributed by atoms with Crippen LogP contribution in [-0.2, 0) is 26.1 Å². The summed E-state index contributed by atoms with van der Waals surface area (Å²) in [5.41, 5.74) is 3.51. The molecule has 0 aliphatic carbocycles. The molecule has 0 saturated heterocycles. The highest BCUT2D eigenvalue weighted by Crippen LogP contribution is 2.28. The summed E-state index contributed by atoms with van der Waals surface area (Å²) in [6.45, 7) is 4.08. The van der Waals surface area contributed by atoms with E-state index in [9.17, 15) is 0 Å². The molecule has 0 fully saturated rings. The fraction of sp³-hybridized carbons (Fsp3) is 0.455. The van der Waals surface area contributed by atoms with Crippen molar-refractivity contribution in [2.45, 2.75) is 65.6 Å². The molecule has 0 heterocycles. The summed E-state index contributed by atoms with van der Waals surface area (Å²) in [5.74, 6) is 0. The first kappa shape index (κ1) is 25.6. The van der Waals surface area contributed by atoms with Gasteiger partial charge in [0.15, 0.2) is 0 Å². The Bertz CT molecular complexity index is 638. The third-order valence-electron chi connectivity index (χ3n) is 4.36. The number of rotatable bonds is 8. The van der Waals surface area contributed by atoms with Crippen LogP contribution in [0.4, 0.5) is 0 Å². The lowest BCUT2D eigenvalue weighted by Crippen LogP contribution is -1.91. The van der Waals surface area contributed by atoms with Crippen molar-refractivity contribution in [2.75, 3.05) is 0 Å². The lowest BCUT2D eigenvalue weighted by atomic mass is 10.1. The summed E-state index contributed by atoms with van der Waals surface area (Å²) in [6.07, 6.45) is 6.54. The number of hydrogen-bond acceptors (Lipinski definition) is 2. The van der Waals surface area contributed by atoms with Crippen LogP contribution in [0.5, 0.6) is 0 Å². The molecule has 0 aliphatic rings. The van der Waals surface area contributed by atoms with Gasteiger partial charge in [-0.25, -0.2) is 0 Å². The van der Waals surface area contributed by atoms with Gasteiger partial charge in [0.05, 0.1) is 13.2 Å². The number of benzene rings is 2. The minimum Gasteiger partial charge on any atom is -0.392 e. The molecule has 2 rings (SSSR count). The maximum atomic E-state index is 9.00. The molecule has 6 heteroatoms. The summed E-state index contributed by atoms with van der Waals surface area (Å²) < 4.78 is 0. The van der Waals surface area contributed by atoms with E-state index < -0.39 is 0 Å². The smallest absolute Gasteiger partial charge is 0.0711 e. The average Bonchev–Trinajstić information content (AvgIpc) is 2.65. The minimum absolute atomic E-state index is 0.105. The van der Waals surface area contributed by atoms with Gasteiger partial charge in [0.25, 0.3) is 0 Å². The Labute approximate surface area is 188 Å². The van der Waals surface area contributed by atoms with Crippen molar-refractivity contribution in [3.63, 3.8) is 0 Å². The van der Waals surface area contributed by atoms with Crippen molar-refractivity contribution in [2.24, 2.45) is 0 Å². The summed E-state index contributed by atoms with van der Waals surface area (Å²) in [4.78, 5) is 0. The van der Waals surface area contributed by atoms with Crippen molar-refractivity contribution < 1.29 is 10.2 Å². The van der Waals surface area contributed by atoms with Gasteiger partial charge in [-0.3, -0.25) is 0 Å². The Morgan fingerprint density at radius 3 is 1.11 bits per heavy atom. The molecule has 0 atom stereocenters. The van der Waals surface area contributed by atoms with Crippen molar-refractivity contribution in [1.29, 1.82) is 0 Å². The number of aliphatic hydroxyl groups is 2. The Kier molecular flexibility index (Phi) is 12.5. The molecule has 0 spiro atoms. The number of aliphatic hydroxyl groups excluding tert-OH is 2. The fourth-order valence-corrected chi connectivity index (χ4v) is 3.97. The van der Waals surface area contributed by atoms with Crippen LogP contribution in [0.25, 0.3) is 0 Å². The normalized spacial score (nSPS) is 10.6. The zero-order valence-electron chi connectivity index (χ0n) is 16.4. The molecule has 0 unspecified atom stereocenters. The number of halogens is 4. The lowest BCUT2D eigenvalue weighted by molar-refractivity contribution is 0.282. The van der Waals surface area contributed by atoms with E-state index in [-0.39, 0.29) is 13.2 Å². The molecule has 0 aromatic heterocycles. The van der Waals surface area contributed by atoms with Gasteiger partial charge in [-0.2, -0.15) is 0 Å². The molecule has 0 amide bonds. The van der Waals surface area contributed by atoms with E-state index in [2.05, 4.69) is 13.8 Å². The van der Waals surface area contributed by atoms with Crippen molar-refractivity contribution in [3.05, 3.63) is 66.6 Å². The van der Waals surface area contributed by atoms with E-state index in [1.807, 2.05) is 24.3 Å². The highest BCUT2D eigenvalue weighted by atomic mass is 35.5. The largest absolute Gasteiger partial charge is 0.392 e. The zero-order valence-corrected chi connectivity index (χ0v) is 19.4. The van der Waals surface area contributed by atoms with E-state index in [0.717, 1.165) is 49.7 Å². The molecule has 0 saturated carbocycles. The molecule has 2 N–H and O–H groups in total. The van der Waals surface area contributed by atoms with E-state index >= 15 is 0 Å². The minimum atomic E-state index is -0.105. The second kappa shape index (κ2) is 13.7. The predicted molar refractivity (Wildman–Crippen MR) is 122 cm³/mol. The van der Waals surface area contributed by atoms with Crippen LogP contribution in [0.3, 0.4) is 0 Å². The summed E-state index contributed by atoms with van der Waals surface area (Å²) in [5, 5.41) is 20.2. The molecule has 2 aromatic carbocycles. The summed E-state index contributed by atoms with van der Waals surface area (Å²) in [7, 11) is 0. The van der Waals surface area contributed by atoms with Gasteiger partial charge >= 0.3 is 0 Å². The van der Waals surface area contributed by atoms with E-state index in [0.29, 0.717) is 31.2 Å². The van der Waals surface area contributed by atoms with Crippen molar-refractivity contribution in [3.8, 4) is 0 Å². The van der Waals surface area contributed by atoms with Crippen LogP contribution in [0.1, 0.15) is 61.8 Å². The van der Waals surface area contributed by atoms with Crippen LogP contribution >= 0.6 is 46.4 Å². The lowest BCUT2D eigenvalue weighted by Gasteiger charge is -2.07. The number of hydrogen-bond donors (Lipinski definition) is 2. The molecule has 156 valence electrons. The van der Waals surface area contributed by atoms with Crippen molar-refractivity contribution in [1.82, 2.24) is 0 Å². The first-order valence-corrected chi connectivity index (χ1v) is 11.0. The molecule has 0 radical (unpaired) electrons. The van der Waals surface area contributed by atoms with Gasteiger partial charge in [-0.05, 0) is 61.1 Å². The summed E-state index contributed by atoms with van der Waals surface area (Å²) >= 11 is 23.9. The zero-order chi connectivity index (χ0) is 21.1. The SMILES string of the molecule is CCCCc1cc(Cl)c(CO)c(Cl)c1.CCCCc1cc(Cl)c(CO)c(Cl)c1. The number of aryl methyl sites for hydroxylation is 2. The maximum absolute atomic E-state index is 9.00. The molecular formula is C22H28Cl4O2. The highest BCUT2D eigenvalue weighted by Gasteiger charge is 2.07. The van der Waals surface area contributed by atoms with Crippen LogP contribution in [0.2, 0.25) is 20.1 Å². The van der Waals surface area contributed by atoms with Gasteiger partial charge in [-0.1, -0.05) is 73.1 Å². The average molecular weight is 466 g/mol. The van der Waals surface area contributed by atoms with Gasteiger partial charge < -0.3 is 10.2 Å². The van der Waals surface area contributed by atoms with Gasteiger partial charge in [-0.15, -0.1) is 0 Å². The second-order valence-corrected chi connectivity index (χ2v) is 8.23. The monoisotopic (exact) mass is 464 g/mol. The molecule has 0 bridgehead atoms. The molecule has 0 aliphatic heterocycles. The van der Waals surface area contributed by atoms with Crippen LogP contribution in [-0.4, -0.2) is 10.2 Å². The maximum Gasteiger partial charge on any atom is 0.0711 e.